The van der Waals surface area contributed by atoms with Crippen LogP contribution in [0.3, 0.4) is 0 Å². The molecule has 0 bridgehead atoms. The molecule has 1 aromatic carbocycles. The van der Waals surface area contributed by atoms with E-state index >= 15 is 0 Å². The third-order valence-corrected chi connectivity index (χ3v) is 5.63. The second-order valence-electron chi connectivity index (χ2n) is 7.21. The van der Waals surface area contributed by atoms with Crippen LogP contribution in [0.15, 0.2) is 35.7 Å². The molecule has 0 saturated carbocycles. The van der Waals surface area contributed by atoms with Crippen molar-refractivity contribution in [3.8, 4) is 0 Å². The van der Waals surface area contributed by atoms with E-state index < -0.39 is 6.04 Å². The predicted molar refractivity (Wildman–Crippen MR) is 119 cm³/mol. The number of hydrogen-bond acceptors (Lipinski definition) is 5. The molecule has 1 aliphatic rings. The number of carbonyl (C=O) groups is 2. The lowest BCUT2D eigenvalue weighted by Gasteiger charge is -2.20. The Morgan fingerprint density at radius 2 is 2.10 bits per heavy atom. The molecule has 1 aromatic heterocycles. The number of benzene rings is 1. The van der Waals surface area contributed by atoms with Crippen LogP contribution in [0.1, 0.15) is 43.3 Å². The molecule has 2 N–H and O–H groups in total. The van der Waals surface area contributed by atoms with Crippen molar-refractivity contribution in [1.29, 1.82) is 0 Å². The van der Waals surface area contributed by atoms with E-state index in [0.717, 1.165) is 41.6 Å². The zero-order valence-electron chi connectivity index (χ0n) is 17.0. The Balaban J connectivity index is 1.60. The molecular formula is C22H28N4O2S. The van der Waals surface area contributed by atoms with Crippen molar-refractivity contribution in [1.82, 2.24) is 10.3 Å². The molecule has 0 spiro atoms. The predicted octanol–water partition coefficient (Wildman–Crippen LogP) is 3.99. The molecule has 154 valence electrons. The molecule has 2 amide bonds. The van der Waals surface area contributed by atoms with E-state index in [-0.39, 0.29) is 11.8 Å². The average molecular weight is 413 g/mol. The van der Waals surface area contributed by atoms with Gasteiger partial charge in [0.1, 0.15) is 6.04 Å². The van der Waals surface area contributed by atoms with Gasteiger partial charge in [0.05, 0.1) is 10.7 Å². The second kappa shape index (κ2) is 10.2. The number of aryl methyl sites for hydroxylation is 1. The van der Waals surface area contributed by atoms with Gasteiger partial charge >= 0.3 is 0 Å². The monoisotopic (exact) mass is 412 g/mol. The maximum absolute atomic E-state index is 12.8. The third-order valence-electron chi connectivity index (χ3n) is 4.84. The van der Waals surface area contributed by atoms with Gasteiger partial charge in [0.15, 0.2) is 0 Å². The minimum Gasteiger partial charge on any atom is -0.371 e. The summed E-state index contributed by atoms with van der Waals surface area (Å²) in [5, 5.41) is 8.61. The fourth-order valence-electron chi connectivity index (χ4n) is 3.38. The van der Waals surface area contributed by atoms with E-state index in [9.17, 15) is 9.59 Å². The number of rotatable bonds is 8. The highest BCUT2D eigenvalue weighted by Gasteiger charge is 2.20. The van der Waals surface area contributed by atoms with Crippen molar-refractivity contribution in [3.63, 3.8) is 0 Å². The highest BCUT2D eigenvalue weighted by Crippen LogP contribution is 2.23. The summed E-state index contributed by atoms with van der Waals surface area (Å²) in [6.45, 7) is 6.02. The molecular weight excluding hydrogens is 384 g/mol. The smallest absolute Gasteiger partial charge is 0.246 e. The summed E-state index contributed by atoms with van der Waals surface area (Å²) in [5.41, 5.74) is 2.62. The Labute approximate surface area is 176 Å². The first-order chi connectivity index (χ1) is 14.0. The topological polar surface area (TPSA) is 74.3 Å². The summed E-state index contributed by atoms with van der Waals surface area (Å²) in [6, 6.07) is 7.32. The Kier molecular flexibility index (Phi) is 7.41. The van der Waals surface area contributed by atoms with Crippen LogP contribution < -0.4 is 15.5 Å². The summed E-state index contributed by atoms with van der Waals surface area (Å²) in [4.78, 5) is 31.7. The summed E-state index contributed by atoms with van der Waals surface area (Å²) in [5.74, 6) is -0.494. The Hall–Kier alpha value is -2.67. The first-order valence-electron chi connectivity index (χ1n) is 10.1. The van der Waals surface area contributed by atoms with Gasteiger partial charge in [-0.3, -0.25) is 9.59 Å². The molecule has 0 radical (unpaired) electrons. The number of thiazole rings is 1. The number of carbonyl (C=O) groups excluding carboxylic acids is 2. The number of anilines is 2. The molecule has 1 fully saturated rings. The van der Waals surface area contributed by atoms with Crippen LogP contribution in [0.4, 0.5) is 11.4 Å². The molecule has 1 unspecified atom stereocenters. The largest absolute Gasteiger partial charge is 0.371 e. The summed E-state index contributed by atoms with van der Waals surface area (Å²) < 4.78 is 0. The maximum atomic E-state index is 12.8. The van der Waals surface area contributed by atoms with Crippen LogP contribution >= 0.6 is 11.3 Å². The van der Waals surface area contributed by atoms with Crippen molar-refractivity contribution in [2.75, 3.05) is 23.3 Å². The van der Waals surface area contributed by atoms with E-state index in [1.165, 1.54) is 30.3 Å². The third kappa shape index (κ3) is 6.15. The van der Waals surface area contributed by atoms with Gasteiger partial charge < -0.3 is 15.5 Å². The number of nitrogens with zero attached hydrogens (tertiary/aromatic N) is 2. The summed E-state index contributed by atoms with van der Waals surface area (Å²) >= 11 is 1.53. The SMILES string of the molecule is CCCC(NC(=O)/C=C/c1csc(C)n1)C(=O)Nc1cccc(N2CCCC2)c1. The Morgan fingerprint density at radius 3 is 2.79 bits per heavy atom. The van der Waals surface area contributed by atoms with Gasteiger partial charge in [0, 0.05) is 35.9 Å². The summed E-state index contributed by atoms with van der Waals surface area (Å²) in [6.07, 6.45) is 6.87. The minimum absolute atomic E-state index is 0.198. The number of hydrogen-bond donors (Lipinski definition) is 2. The zero-order chi connectivity index (χ0) is 20.6. The van der Waals surface area contributed by atoms with Crippen molar-refractivity contribution < 1.29 is 9.59 Å². The van der Waals surface area contributed by atoms with Crippen molar-refractivity contribution in [3.05, 3.63) is 46.4 Å². The molecule has 6 nitrogen and oxygen atoms in total. The number of nitrogens with one attached hydrogen (secondary N) is 2. The van der Waals surface area contributed by atoms with Gasteiger partial charge in [-0.15, -0.1) is 11.3 Å². The van der Waals surface area contributed by atoms with Crippen molar-refractivity contribution >= 4 is 40.6 Å². The number of aromatic nitrogens is 1. The summed E-state index contributed by atoms with van der Waals surface area (Å²) in [7, 11) is 0. The fraction of sp³-hybridized carbons (Fsp3) is 0.409. The van der Waals surface area contributed by atoms with Crippen LogP contribution in [-0.4, -0.2) is 35.9 Å². The highest BCUT2D eigenvalue weighted by molar-refractivity contribution is 7.09. The molecule has 1 saturated heterocycles. The van der Waals surface area contributed by atoms with Crippen LogP contribution in [0.25, 0.3) is 6.08 Å². The lowest BCUT2D eigenvalue weighted by atomic mass is 10.1. The van der Waals surface area contributed by atoms with E-state index in [1.54, 1.807) is 6.08 Å². The highest BCUT2D eigenvalue weighted by atomic mass is 32.1. The minimum atomic E-state index is -0.579. The van der Waals surface area contributed by atoms with E-state index in [2.05, 4.69) is 26.6 Å². The van der Waals surface area contributed by atoms with Crippen molar-refractivity contribution in [2.45, 2.75) is 45.6 Å². The van der Waals surface area contributed by atoms with Gasteiger partial charge in [-0.25, -0.2) is 4.98 Å². The average Bonchev–Trinajstić information content (AvgIpc) is 3.38. The van der Waals surface area contributed by atoms with Gasteiger partial charge in [-0.05, 0) is 50.5 Å². The molecule has 2 aromatic rings. The lowest BCUT2D eigenvalue weighted by Crippen LogP contribution is -2.43. The first kappa shape index (κ1) is 21.0. The molecule has 1 atom stereocenters. The van der Waals surface area contributed by atoms with E-state index in [0.29, 0.717) is 6.42 Å². The van der Waals surface area contributed by atoms with Crippen LogP contribution in [0.5, 0.6) is 0 Å². The van der Waals surface area contributed by atoms with E-state index in [1.807, 2.05) is 37.4 Å². The first-order valence-corrected chi connectivity index (χ1v) is 11.0. The van der Waals surface area contributed by atoms with Gasteiger partial charge in [0.25, 0.3) is 0 Å². The van der Waals surface area contributed by atoms with Gasteiger partial charge in [0.2, 0.25) is 11.8 Å². The quantitative estimate of drug-likeness (QED) is 0.643. The normalized spacial score (nSPS) is 14.9. The van der Waals surface area contributed by atoms with Crippen LogP contribution in [-0.2, 0) is 9.59 Å². The molecule has 3 rings (SSSR count). The molecule has 0 aliphatic carbocycles. The lowest BCUT2D eigenvalue weighted by molar-refractivity contribution is -0.123. The van der Waals surface area contributed by atoms with Gasteiger partial charge in [-0.2, -0.15) is 0 Å². The fourth-order valence-corrected chi connectivity index (χ4v) is 3.96. The second-order valence-corrected chi connectivity index (χ2v) is 8.27. The van der Waals surface area contributed by atoms with Crippen LogP contribution in [0.2, 0.25) is 0 Å². The van der Waals surface area contributed by atoms with Crippen molar-refractivity contribution in [2.24, 2.45) is 0 Å². The van der Waals surface area contributed by atoms with Gasteiger partial charge in [-0.1, -0.05) is 19.4 Å². The molecule has 1 aliphatic heterocycles. The van der Waals surface area contributed by atoms with Crippen LogP contribution in [0, 0.1) is 6.92 Å². The molecule has 29 heavy (non-hydrogen) atoms. The Bertz CT molecular complexity index is 871. The Morgan fingerprint density at radius 1 is 1.31 bits per heavy atom. The molecule has 2 heterocycles. The standard InChI is InChI=1S/C22H28N4O2S/c1-3-7-20(25-21(27)11-10-18-15-29-16(2)23-18)22(28)24-17-8-6-9-19(14-17)26-12-4-5-13-26/h6,8-11,14-15,20H,3-5,7,12-13H2,1-2H3,(H,24,28)(H,25,27)/b11-10+. The van der Waals surface area contributed by atoms with E-state index in [4.69, 9.17) is 0 Å². The molecule has 7 heteroatoms. The number of amides is 2. The maximum Gasteiger partial charge on any atom is 0.246 e. The zero-order valence-corrected chi connectivity index (χ0v) is 17.8.